The summed E-state index contributed by atoms with van der Waals surface area (Å²) in [6, 6.07) is 15.6. The maximum atomic E-state index is 12.2. The summed E-state index contributed by atoms with van der Waals surface area (Å²) in [6.45, 7) is 5.41. The van der Waals surface area contributed by atoms with Crippen LogP contribution in [-0.2, 0) is 4.74 Å². The van der Waals surface area contributed by atoms with Gasteiger partial charge in [-0.1, -0.05) is 23.7 Å². The van der Waals surface area contributed by atoms with Crippen molar-refractivity contribution in [1.82, 2.24) is 9.27 Å². The fraction of sp³-hybridized carbons (Fsp3) is 0.462. The Kier molecular flexibility index (Phi) is 7.52. The number of piperazine rings is 1. The van der Waals surface area contributed by atoms with E-state index in [1.807, 2.05) is 0 Å². The van der Waals surface area contributed by atoms with Crippen LogP contribution in [0.5, 0.6) is 0 Å². The summed E-state index contributed by atoms with van der Waals surface area (Å²) in [6.07, 6.45) is 5.01. The molecule has 8 heteroatoms. The van der Waals surface area contributed by atoms with Gasteiger partial charge in [0.2, 0.25) is 0 Å². The van der Waals surface area contributed by atoms with E-state index in [1.54, 1.807) is 35.8 Å². The van der Waals surface area contributed by atoms with E-state index in [9.17, 15) is 4.79 Å². The fourth-order valence-electron chi connectivity index (χ4n) is 5.02. The van der Waals surface area contributed by atoms with Crippen molar-refractivity contribution in [2.45, 2.75) is 38.2 Å². The van der Waals surface area contributed by atoms with Crippen LogP contribution in [0, 0.1) is 5.92 Å². The zero-order chi connectivity index (χ0) is 23.3. The molecule has 0 bridgehead atoms. The summed E-state index contributed by atoms with van der Waals surface area (Å²) in [5.74, 6) is 1.87. The molecule has 1 amide bonds. The topological polar surface area (TPSA) is 57.7 Å². The van der Waals surface area contributed by atoms with Gasteiger partial charge in [-0.25, -0.2) is 4.79 Å². The van der Waals surface area contributed by atoms with Gasteiger partial charge in [-0.15, -0.1) is 0 Å². The smallest absolute Gasteiger partial charge is 0.411 e. The van der Waals surface area contributed by atoms with Crippen molar-refractivity contribution in [3.8, 4) is 0 Å². The molecule has 2 heterocycles. The molecule has 1 aliphatic heterocycles. The summed E-state index contributed by atoms with van der Waals surface area (Å²) < 4.78 is 11.6. The standard InChI is InChI=1S/C26H31ClN4O2S/c27-20-7-9-21(10-8-20)28-26(32)33-22-11-5-19(6-12-22)13-14-30-15-17-31(18-16-30)25-23-3-1-2-4-24(23)34-29-25/h1-4,7-10,19,22H,5-6,11-18H2,(H,28,32). The van der Waals surface area contributed by atoms with Crippen molar-refractivity contribution in [3.63, 3.8) is 0 Å². The first kappa shape index (κ1) is 23.4. The minimum Gasteiger partial charge on any atom is -0.446 e. The van der Waals surface area contributed by atoms with Gasteiger partial charge < -0.3 is 9.64 Å². The second-order valence-electron chi connectivity index (χ2n) is 9.30. The molecule has 2 aliphatic rings. The van der Waals surface area contributed by atoms with Gasteiger partial charge in [0.05, 0.1) is 4.70 Å². The van der Waals surface area contributed by atoms with Crippen molar-refractivity contribution in [3.05, 3.63) is 53.6 Å². The molecule has 0 spiro atoms. The van der Waals surface area contributed by atoms with Crippen molar-refractivity contribution < 1.29 is 9.53 Å². The third-order valence-electron chi connectivity index (χ3n) is 7.04. The van der Waals surface area contributed by atoms with Crippen LogP contribution in [0.1, 0.15) is 32.1 Å². The molecule has 1 saturated carbocycles. The highest BCUT2D eigenvalue weighted by atomic mass is 35.5. The Morgan fingerprint density at radius 1 is 1.03 bits per heavy atom. The molecule has 6 nitrogen and oxygen atoms in total. The number of amides is 1. The van der Waals surface area contributed by atoms with Crippen LogP contribution in [0.25, 0.3) is 10.1 Å². The summed E-state index contributed by atoms with van der Waals surface area (Å²) in [5.41, 5.74) is 0.700. The van der Waals surface area contributed by atoms with E-state index in [2.05, 4.69) is 39.4 Å². The highest BCUT2D eigenvalue weighted by Crippen LogP contribution is 2.31. The minimum atomic E-state index is -0.378. The molecule has 0 unspecified atom stereocenters. The summed E-state index contributed by atoms with van der Waals surface area (Å²) >= 11 is 7.48. The molecule has 180 valence electrons. The number of nitrogens with one attached hydrogen (secondary N) is 1. The number of anilines is 2. The number of hydrogen-bond donors (Lipinski definition) is 1. The van der Waals surface area contributed by atoms with Crippen molar-refractivity contribution in [2.75, 3.05) is 42.9 Å². The SMILES string of the molecule is O=C(Nc1ccc(Cl)cc1)OC1CCC(CCN2CCN(c3nsc4ccccc34)CC2)CC1. The van der Waals surface area contributed by atoms with Crippen LogP contribution < -0.4 is 10.2 Å². The third-order valence-corrected chi connectivity index (χ3v) is 8.11. The quantitative estimate of drug-likeness (QED) is 0.434. The van der Waals surface area contributed by atoms with Gasteiger partial charge in [0, 0.05) is 42.3 Å². The van der Waals surface area contributed by atoms with Gasteiger partial charge >= 0.3 is 6.09 Å². The van der Waals surface area contributed by atoms with Crippen LogP contribution in [-0.4, -0.2) is 54.2 Å². The molecule has 2 aromatic carbocycles. The maximum absolute atomic E-state index is 12.2. The summed E-state index contributed by atoms with van der Waals surface area (Å²) in [5, 5.41) is 4.71. The predicted molar refractivity (Wildman–Crippen MR) is 140 cm³/mol. The number of nitrogens with zero attached hydrogens (tertiary/aromatic N) is 3. The lowest BCUT2D eigenvalue weighted by atomic mass is 9.85. The molecule has 3 aromatic rings. The highest BCUT2D eigenvalue weighted by Gasteiger charge is 2.26. The number of hydrogen-bond acceptors (Lipinski definition) is 6. The zero-order valence-electron chi connectivity index (χ0n) is 19.3. The Hall–Kier alpha value is -2.35. The van der Waals surface area contributed by atoms with E-state index in [0.717, 1.165) is 70.1 Å². The lowest BCUT2D eigenvalue weighted by Crippen LogP contribution is -2.47. The molecule has 1 aliphatic carbocycles. The zero-order valence-corrected chi connectivity index (χ0v) is 20.9. The Labute approximate surface area is 210 Å². The second kappa shape index (κ2) is 10.9. The Bertz CT molecular complexity index is 1090. The van der Waals surface area contributed by atoms with Gasteiger partial charge in [0.15, 0.2) is 0 Å². The molecule has 5 rings (SSSR count). The van der Waals surface area contributed by atoms with Gasteiger partial charge in [-0.2, -0.15) is 4.37 Å². The number of benzene rings is 2. The van der Waals surface area contributed by atoms with E-state index in [1.165, 1.54) is 16.5 Å². The maximum Gasteiger partial charge on any atom is 0.411 e. The summed E-state index contributed by atoms with van der Waals surface area (Å²) in [7, 11) is 0. The van der Waals surface area contributed by atoms with E-state index >= 15 is 0 Å². The van der Waals surface area contributed by atoms with Crippen LogP contribution in [0.3, 0.4) is 0 Å². The van der Waals surface area contributed by atoms with Crippen LogP contribution in [0.4, 0.5) is 16.3 Å². The minimum absolute atomic E-state index is 0.0139. The van der Waals surface area contributed by atoms with Crippen LogP contribution >= 0.6 is 23.1 Å². The molecule has 1 N–H and O–H groups in total. The number of aromatic nitrogens is 1. The first-order chi connectivity index (χ1) is 16.6. The van der Waals surface area contributed by atoms with E-state index in [4.69, 9.17) is 20.7 Å². The predicted octanol–water partition coefficient (Wildman–Crippen LogP) is 6.27. The molecule has 1 saturated heterocycles. The lowest BCUT2D eigenvalue weighted by molar-refractivity contribution is 0.0709. The van der Waals surface area contributed by atoms with E-state index < -0.39 is 0 Å². The Morgan fingerprint density at radius 3 is 2.53 bits per heavy atom. The second-order valence-corrected chi connectivity index (χ2v) is 10.5. The van der Waals surface area contributed by atoms with Gasteiger partial charge in [0.25, 0.3) is 0 Å². The average molecular weight is 499 g/mol. The highest BCUT2D eigenvalue weighted by molar-refractivity contribution is 7.13. The largest absolute Gasteiger partial charge is 0.446 e. The Balaban J connectivity index is 1.000. The monoisotopic (exact) mass is 498 g/mol. The molecule has 0 radical (unpaired) electrons. The molecular weight excluding hydrogens is 468 g/mol. The van der Waals surface area contributed by atoms with Crippen molar-refractivity contribution in [1.29, 1.82) is 0 Å². The Morgan fingerprint density at radius 2 is 1.76 bits per heavy atom. The first-order valence-corrected chi connectivity index (χ1v) is 13.3. The number of halogens is 1. The van der Waals surface area contributed by atoms with Crippen LogP contribution in [0.2, 0.25) is 5.02 Å². The van der Waals surface area contributed by atoms with Crippen molar-refractivity contribution >= 4 is 50.8 Å². The number of carbonyl (C=O) groups excluding carboxylic acids is 1. The average Bonchev–Trinajstić information content (AvgIpc) is 3.30. The van der Waals surface area contributed by atoms with Gasteiger partial charge in [-0.05, 0) is 92.5 Å². The van der Waals surface area contributed by atoms with E-state index in [0.29, 0.717) is 10.7 Å². The number of carbonyl (C=O) groups is 1. The number of fused-ring (bicyclic) bond motifs is 1. The number of rotatable bonds is 6. The first-order valence-electron chi connectivity index (χ1n) is 12.2. The normalized spacial score (nSPS) is 21.5. The molecule has 2 fully saturated rings. The lowest BCUT2D eigenvalue weighted by Gasteiger charge is -2.36. The van der Waals surface area contributed by atoms with Crippen LogP contribution in [0.15, 0.2) is 48.5 Å². The number of ether oxygens (including phenoxy) is 1. The van der Waals surface area contributed by atoms with E-state index in [-0.39, 0.29) is 12.2 Å². The molecule has 0 atom stereocenters. The molecular formula is C26H31ClN4O2S. The van der Waals surface area contributed by atoms with Gasteiger partial charge in [0.1, 0.15) is 11.9 Å². The summed E-state index contributed by atoms with van der Waals surface area (Å²) in [4.78, 5) is 17.2. The van der Waals surface area contributed by atoms with Gasteiger partial charge in [-0.3, -0.25) is 10.2 Å². The molecule has 34 heavy (non-hydrogen) atoms. The fourth-order valence-corrected chi connectivity index (χ4v) is 5.94. The third kappa shape index (κ3) is 5.82. The van der Waals surface area contributed by atoms with Crippen molar-refractivity contribution in [2.24, 2.45) is 5.92 Å². The molecule has 1 aromatic heterocycles.